The number of thiophene rings is 1. The molecule has 0 unspecified atom stereocenters. The number of carbonyl (C=O) groups is 1. The minimum Gasteiger partial charge on any atom is -0.378 e. The number of hydrogen-bond donors (Lipinski definition) is 2. The van der Waals surface area contributed by atoms with Gasteiger partial charge in [0.1, 0.15) is 0 Å². The number of nitrogens with two attached hydrogens (primary N) is 1. The van der Waals surface area contributed by atoms with Gasteiger partial charge in [-0.25, -0.2) is 10.1 Å². The SMILES string of the molecule is CN(Cc1c(C(=O)N/N=C/c2ccsc2)nnn1-c1nonc1N)c1ccccc1. The van der Waals surface area contributed by atoms with Gasteiger partial charge in [0.05, 0.1) is 18.5 Å². The van der Waals surface area contributed by atoms with Gasteiger partial charge in [-0.1, -0.05) is 23.4 Å². The molecule has 3 heterocycles. The molecule has 3 aromatic heterocycles. The molecule has 12 heteroatoms. The lowest BCUT2D eigenvalue weighted by atomic mass is 10.2. The minimum atomic E-state index is -0.515. The standard InChI is InChI=1S/C18H17N9O2S/c1-26(13-5-3-2-4-6-13)10-14-15(18(28)22-20-9-12-7-8-30-11-12)21-25-27(14)17-16(19)23-29-24-17/h2-9,11H,10H2,1H3,(H2,19,23)(H,22,28)/b20-9+. The highest BCUT2D eigenvalue weighted by molar-refractivity contribution is 7.08. The van der Waals surface area contributed by atoms with Crippen LogP contribution in [0.15, 0.2) is 56.9 Å². The number of nitrogen functional groups attached to an aromatic ring is 1. The predicted molar refractivity (Wildman–Crippen MR) is 112 cm³/mol. The molecule has 4 aromatic rings. The van der Waals surface area contributed by atoms with E-state index in [4.69, 9.17) is 5.73 Å². The number of amides is 1. The summed E-state index contributed by atoms with van der Waals surface area (Å²) < 4.78 is 6.01. The molecule has 1 amide bonds. The molecule has 0 radical (unpaired) electrons. The summed E-state index contributed by atoms with van der Waals surface area (Å²) in [4.78, 5) is 14.7. The van der Waals surface area contributed by atoms with E-state index in [9.17, 15) is 4.79 Å². The van der Waals surface area contributed by atoms with E-state index in [1.54, 1.807) is 6.21 Å². The number of para-hydroxylation sites is 1. The number of rotatable bonds is 7. The van der Waals surface area contributed by atoms with E-state index in [2.05, 4.69) is 35.8 Å². The number of aromatic nitrogens is 5. The third-order valence-electron chi connectivity index (χ3n) is 4.18. The highest BCUT2D eigenvalue weighted by atomic mass is 32.1. The van der Waals surface area contributed by atoms with Crippen molar-refractivity contribution in [2.24, 2.45) is 5.10 Å². The maximum Gasteiger partial charge on any atom is 0.293 e. The van der Waals surface area contributed by atoms with Crippen LogP contribution in [-0.2, 0) is 6.54 Å². The Hall–Kier alpha value is -4.06. The van der Waals surface area contributed by atoms with Gasteiger partial charge in [0.25, 0.3) is 5.91 Å². The van der Waals surface area contributed by atoms with Crippen LogP contribution in [0.4, 0.5) is 11.5 Å². The normalized spacial score (nSPS) is 11.1. The maximum absolute atomic E-state index is 12.7. The molecule has 0 bridgehead atoms. The van der Waals surface area contributed by atoms with E-state index >= 15 is 0 Å². The fourth-order valence-electron chi connectivity index (χ4n) is 2.69. The van der Waals surface area contributed by atoms with Gasteiger partial charge in [-0.05, 0) is 39.3 Å². The minimum absolute atomic E-state index is 0.0333. The Balaban J connectivity index is 1.63. The first-order valence-corrected chi connectivity index (χ1v) is 9.72. The van der Waals surface area contributed by atoms with Gasteiger partial charge < -0.3 is 10.6 Å². The van der Waals surface area contributed by atoms with Crippen LogP contribution in [0.25, 0.3) is 5.82 Å². The van der Waals surface area contributed by atoms with Crippen LogP contribution < -0.4 is 16.1 Å². The molecule has 30 heavy (non-hydrogen) atoms. The number of benzene rings is 1. The number of nitrogens with zero attached hydrogens (tertiary/aromatic N) is 7. The van der Waals surface area contributed by atoms with Crippen molar-refractivity contribution in [1.82, 2.24) is 30.7 Å². The molecule has 0 spiro atoms. The quantitative estimate of drug-likeness (QED) is 0.338. The van der Waals surface area contributed by atoms with Gasteiger partial charge in [0.2, 0.25) is 11.6 Å². The summed E-state index contributed by atoms with van der Waals surface area (Å²) in [5, 5.41) is 23.2. The van der Waals surface area contributed by atoms with Crippen LogP contribution in [0.3, 0.4) is 0 Å². The summed E-state index contributed by atoms with van der Waals surface area (Å²) in [6.45, 7) is 0.292. The maximum atomic E-state index is 12.7. The molecule has 3 N–H and O–H groups in total. The Morgan fingerprint density at radius 1 is 1.33 bits per heavy atom. The van der Waals surface area contributed by atoms with Crippen molar-refractivity contribution >= 4 is 35.0 Å². The Morgan fingerprint density at radius 3 is 2.87 bits per heavy atom. The van der Waals surface area contributed by atoms with Crippen LogP contribution in [0.2, 0.25) is 0 Å². The van der Waals surface area contributed by atoms with Crippen molar-refractivity contribution in [3.8, 4) is 5.82 Å². The zero-order valence-corrected chi connectivity index (χ0v) is 16.7. The molecule has 0 aliphatic heterocycles. The lowest BCUT2D eigenvalue weighted by Gasteiger charge is -2.19. The van der Waals surface area contributed by atoms with Gasteiger partial charge in [-0.15, -0.1) is 5.10 Å². The van der Waals surface area contributed by atoms with E-state index in [0.717, 1.165) is 11.3 Å². The van der Waals surface area contributed by atoms with Gasteiger partial charge in [0.15, 0.2) is 5.69 Å². The molecular formula is C18H17N9O2S. The van der Waals surface area contributed by atoms with Crippen molar-refractivity contribution in [1.29, 1.82) is 0 Å². The first-order valence-electron chi connectivity index (χ1n) is 8.78. The van der Waals surface area contributed by atoms with Crippen molar-refractivity contribution in [3.63, 3.8) is 0 Å². The van der Waals surface area contributed by atoms with Crippen LogP contribution in [0, 0.1) is 0 Å². The van der Waals surface area contributed by atoms with E-state index in [1.165, 1.54) is 16.0 Å². The zero-order chi connectivity index (χ0) is 20.9. The Kier molecular flexibility index (Phi) is 5.48. The van der Waals surface area contributed by atoms with Crippen molar-refractivity contribution in [3.05, 3.63) is 64.1 Å². The summed E-state index contributed by atoms with van der Waals surface area (Å²) in [6.07, 6.45) is 1.55. The van der Waals surface area contributed by atoms with Crippen LogP contribution in [-0.4, -0.2) is 44.5 Å². The number of hydrogen-bond acceptors (Lipinski definition) is 10. The Morgan fingerprint density at radius 2 is 2.17 bits per heavy atom. The Bertz CT molecular complexity index is 1150. The van der Waals surface area contributed by atoms with Gasteiger partial charge >= 0.3 is 0 Å². The first-order chi connectivity index (χ1) is 14.6. The second-order valence-electron chi connectivity index (χ2n) is 6.22. The molecule has 0 saturated carbocycles. The van der Waals surface area contributed by atoms with E-state index in [-0.39, 0.29) is 17.3 Å². The lowest BCUT2D eigenvalue weighted by Crippen LogP contribution is -2.24. The highest BCUT2D eigenvalue weighted by Gasteiger charge is 2.25. The van der Waals surface area contributed by atoms with Gasteiger partial charge in [-0.3, -0.25) is 4.79 Å². The lowest BCUT2D eigenvalue weighted by molar-refractivity contribution is 0.0949. The molecule has 0 atom stereocenters. The first kappa shape index (κ1) is 19.3. The number of carbonyl (C=O) groups excluding carboxylic acids is 1. The van der Waals surface area contributed by atoms with Crippen LogP contribution >= 0.6 is 11.3 Å². The largest absolute Gasteiger partial charge is 0.378 e. The van der Waals surface area contributed by atoms with Crippen molar-refractivity contribution in [2.45, 2.75) is 6.54 Å². The highest BCUT2D eigenvalue weighted by Crippen LogP contribution is 2.20. The molecule has 0 aliphatic rings. The molecule has 0 fully saturated rings. The summed E-state index contributed by atoms with van der Waals surface area (Å²) in [5.41, 5.74) is 10.6. The summed E-state index contributed by atoms with van der Waals surface area (Å²) in [7, 11) is 1.88. The number of anilines is 2. The van der Waals surface area contributed by atoms with Crippen LogP contribution in [0.5, 0.6) is 0 Å². The second kappa shape index (κ2) is 8.53. The Labute approximate surface area is 174 Å². The third kappa shape index (κ3) is 4.03. The monoisotopic (exact) mass is 423 g/mol. The molecule has 11 nitrogen and oxygen atoms in total. The molecule has 152 valence electrons. The zero-order valence-electron chi connectivity index (χ0n) is 15.8. The predicted octanol–water partition coefficient (Wildman–Crippen LogP) is 1.69. The molecule has 0 saturated heterocycles. The molecule has 0 aliphatic carbocycles. The average Bonchev–Trinajstić information content (AvgIpc) is 3.50. The molecule has 4 rings (SSSR count). The van der Waals surface area contributed by atoms with Gasteiger partial charge in [-0.2, -0.15) is 21.1 Å². The fraction of sp³-hybridized carbons (Fsp3) is 0.111. The van der Waals surface area contributed by atoms with Crippen LogP contribution in [0.1, 0.15) is 21.7 Å². The molecule has 1 aromatic carbocycles. The van der Waals surface area contributed by atoms with E-state index < -0.39 is 5.91 Å². The summed E-state index contributed by atoms with van der Waals surface area (Å²) in [5.74, 6) is -0.329. The third-order valence-corrected chi connectivity index (χ3v) is 4.88. The fourth-order valence-corrected chi connectivity index (χ4v) is 3.30. The summed E-state index contributed by atoms with van der Waals surface area (Å²) >= 11 is 1.54. The number of nitrogens with one attached hydrogen (secondary N) is 1. The number of hydrazone groups is 1. The van der Waals surface area contributed by atoms with Crippen molar-refractivity contribution < 1.29 is 9.42 Å². The molecular weight excluding hydrogens is 406 g/mol. The average molecular weight is 423 g/mol. The smallest absolute Gasteiger partial charge is 0.293 e. The topological polar surface area (TPSA) is 140 Å². The van der Waals surface area contributed by atoms with Crippen molar-refractivity contribution in [2.75, 3.05) is 17.7 Å². The van der Waals surface area contributed by atoms with Gasteiger partial charge in [0, 0.05) is 18.3 Å². The second-order valence-corrected chi connectivity index (χ2v) is 7.00. The van der Waals surface area contributed by atoms with E-state index in [0.29, 0.717) is 12.2 Å². The summed E-state index contributed by atoms with van der Waals surface area (Å²) in [6, 6.07) is 11.6. The van der Waals surface area contributed by atoms with E-state index in [1.807, 2.05) is 59.1 Å².